The fourth-order valence-corrected chi connectivity index (χ4v) is 3.24. The highest BCUT2D eigenvalue weighted by Gasteiger charge is 2.33. The zero-order valence-corrected chi connectivity index (χ0v) is 13.1. The summed E-state index contributed by atoms with van der Waals surface area (Å²) in [7, 11) is 0. The van der Waals surface area contributed by atoms with Crippen molar-refractivity contribution < 1.29 is 9.50 Å². The van der Waals surface area contributed by atoms with Crippen molar-refractivity contribution in [2.45, 2.75) is 44.8 Å². The molecule has 19 heavy (non-hydrogen) atoms. The average molecular weight is 330 g/mol. The van der Waals surface area contributed by atoms with Crippen LogP contribution in [-0.2, 0) is 6.42 Å². The van der Waals surface area contributed by atoms with Gasteiger partial charge in [0.1, 0.15) is 5.82 Å². The highest BCUT2D eigenvalue weighted by Crippen LogP contribution is 2.28. The molecule has 4 heteroatoms. The molecule has 1 aliphatic rings. The van der Waals surface area contributed by atoms with Crippen LogP contribution in [0, 0.1) is 5.82 Å². The molecule has 1 heterocycles. The second-order valence-electron chi connectivity index (χ2n) is 5.81. The molecule has 2 rings (SSSR count). The van der Waals surface area contributed by atoms with E-state index >= 15 is 0 Å². The van der Waals surface area contributed by atoms with Crippen molar-refractivity contribution in [2.24, 2.45) is 0 Å². The lowest BCUT2D eigenvalue weighted by Crippen LogP contribution is -2.47. The van der Waals surface area contributed by atoms with Gasteiger partial charge in [-0.2, -0.15) is 0 Å². The van der Waals surface area contributed by atoms with Crippen molar-refractivity contribution in [3.8, 4) is 0 Å². The van der Waals surface area contributed by atoms with Crippen LogP contribution in [0.4, 0.5) is 4.39 Å². The molecule has 2 nitrogen and oxygen atoms in total. The van der Waals surface area contributed by atoms with E-state index in [0.29, 0.717) is 12.5 Å². The first-order chi connectivity index (χ1) is 8.88. The Morgan fingerprint density at radius 3 is 2.47 bits per heavy atom. The molecular formula is C15H21BrFNO. The molecule has 0 bridgehead atoms. The van der Waals surface area contributed by atoms with Gasteiger partial charge in [-0.05, 0) is 50.5 Å². The van der Waals surface area contributed by atoms with Crippen LogP contribution in [0.2, 0.25) is 0 Å². The maximum atomic E-state index is 13.4. The number of likely N-dealkylation sites (tertiary alicyclic amines) is 1. The molecule has 0 aliphatic carbocycles. The smallest absolute Gasteiger partial charge is 0.124 e. The van der Waals surface area contributed by atoms with Crippen LogP contribution < -0.4 is 0 Å². The summed E-state index contributed by atoms with van der Waals surface area (Å²) in [6.45, 7) is 6.16. The minimum Gasteiger partial charge on any atom is -0.389 e. The van der Waals surface area contributed by atoms with Gasteiger partial charge in [-0.1, -0.05) is 15.9 Å². The van der Waals surface area contributed by atoms with Gasteiger partial charge in [0.15, 0.2) is 0 Å². The molecule has 0 spiro atoms. The van der Waals surface area contributed by atoms with E-state index in [9.17, 15) is 9.50 Å². The van der Waals surface area contributed by atoms with Crippen LogP contribution in [0.15, 0.2) is 22.7 Å². The van der Waals surface area contributed by atoms with Gasteiger partial charge in [0.2, 0.25) is 0 Å². The predicted octanol–water partition coefficient (Wildman–Crippen LogP) is 3.37. The van der Waals surface area contributed by atoms with Crippen molar-refractivity contribution in [2.75, 3.05) is 13.1 Å². The van der Waals surface area contributed by atoms with Crippen molar-refractivity contribution in [3.05, 3.63) is 34.1 Å². The van der Waals surface area contributed by atoms with Gasteiger partial charge in [-0.3, -0.25) is 0 Å². The maximum Gasteiger partial charge on any atom is 0.124 e. The van der Waals surface area contributed by atoms with Crippen molar-refractivity contribution in [1.29, 1.82) is 0 Å². The van der Waals surface area contributed by atoms with E-state index in [1.165, 1.54) is 12.1 Å². The number of halogens is 2. The topological polar surface area (TPSA) is 23.5 Å². The number of piperidine rings is 1. The van der Waals surface area contributed by atoms with Gasteiger partial charge >= 0.3 is 0 Å². The Labute approximate surface area is 122 Å². The molecule has 1 aromatic carbocycles. The summed E-state index contributed by atoms with van der Waals surface area (Å²) in [4.78, 5) is 2.37. The van der Waals surface area contributed by atoms with Gasteiger partial charge < -0.3 is 10.0 Å². The first-order valence-electron chi connectivity index (χ1n) is 6.79. The first kappa shape index (κ1) is 14.9. The summed E-state index contributed by atoms with van der Waals surface area (Å²) < 4.78 is 14.1. The van der Waals surface area contributed by atoms with E-state index in [-0.39, 0.29) is 5.82 Å². The molecule has 1 aromatic rings. The highest BCUT2D eigenvalue weighted by molar-refractivity contribution is 9.10. The average Bonchev–Trinajstić information content (AvgIpc) is 2.27. The van der Waals surface area contributed by atoms with Crippen LogP contribution in [0.1, 0.15) is 32.3 Å². The minimum absolute atomic E-state index is 0.257. The summed E-state index contributed by atoms with van der Waals surface area (Å²) in [5, 5.41) is 10.6. The Morgan fingerprint density at radius 2 is 1.95 bits per heavy atom. The molecule has 1 saturated heterocycles. The third-order valence-electron chi connectivity index (χ3n) is 3.91. The third-order valence-corrected chi connectivity index (χ3v) is 4.37. The monoisotopic (exact) mass is 329 g/mol. The van der Waals surface area contributed by atoms with Gasteiger partial charge in [-0.15, -0.1) is 0 Å². The summed E-state index contributed by atoms with van der Waals surface area (Å²) >= 11 is 3.29. The highest BCUT2D eigenvalue weighted by atomic mass is 79.9. The molecule has 1 aliphatic heterocycles. The van der Waals surface area contributed by atoms with E-state index in [1.807, 2.05) is 6.07 Å². The molecule has 0 saturated carbocycles. The third kappa shape index (κ3) is 4.01. The SMILES string of the molecule is CC(C)N1CCC(O)(Cc2cc(F)cc(Br)c2)CC1. The zero-order chi connectivity index (χ0) is 14.0. The lowest BCUT2D eigenvalue weighted by Gasteiger charge is -2.40. The fraction of sp³-hybridized carbons (Fsp3) is 0.600. The quantitative estimate of drug-likeness (QED) is 0.919. The summed E-state index contributed by atoms with van der Waals surface area (Å²) in [6.07, 6.45) is 2.02. The molecule has 0 radical (unpaired) electrons. The van der Waals surface area contributed by atoms with Crippen LogP contribution in [0.3, 0.4) is 0 Å². The molecule has 1 N–H and O–H groups in total. The van der Waals surface area contributed by atoms with Gasteiger partial charge in [0.05, 0.1) is 5.60 Å². The van der Waals surface area contributed by atoms with Crippen molar-refractivity contribution in [3.63, 3.8) is 0 Å². The fourth-order valence-electron chi connectivity index (χ4n) is 2.73. The van der Waals surface area contributed by atoms with E-state index in [4.69, 9.17) is 0 Å². The largest absolute Gasteiger partial charge is 0.389 e. The van der Waals surface area contributed by atoms with Crippen LogP contribution >= 0.6 is 15.9 Å². The molecule has 0 atom stereocenters. The molecule has 0 amide bonds. The van der Waals surface area contributed by atoms with Crippen molar-refractivity contribution in [1.82, 2.24) is 4.90 Å². The Bertz CT molecular complexity index is 422. The Morgan fingerprint density at radius 1 is 1.32 bits per heavy atom. The standard InChI is InChI=1S/C15H21BrFNO/c1-11(2)18-5-3-15(19,4-6-18)10-12-7-13(16)9-14(17)8-12/h7-9,11,19H,3-6,10H2,1-2H3. The number of hydrogen-bond donors (Lipinski definition) is 1. The summed E-state index contributed by atoms with van der Waals surface area (Å²) in [6, 6.07) is 5.36. The van der Waals surface area contributed by atoms with Crippen LogP contribution in [0.25, 0.3) is 0 Å². The first-order valence-corrected chi connectivity index (χ1v) is 7.59. The van der Waals surface area contributed by atoms with Gasteiger partial charge in [0, 0.05) is 30.0 Å². The maximum absolute atomic E-state index is 13.4. The van der Waals surface area contributed by atoms with E-state index in [0.717, 1.165) is 36.0 Å². The zero-order valence-electron chi connectivity index (χ0n) is 11.5. The van der Waals surface area contributed by atoms with Crippen molar-refractivity contribution >= 4 is 15.9 Å². The minimum atomic E-state index is -0.696. The Hall–Kier alpha value is -0.450. The Kier molecular flexibility index (Phi) is 4.64. The molecule has 0 unspecified atom stereocenters. The predicted molar refractivity (Wildman–Crippen MR) is 78.7 cm³/mol. The lowest BCUT2D eigenvalue weighted by molar-refractivity contribution is -0.0271. The summed E-state index contributed by atoms with van der Waals surface area (Å²) in [5.74, 6) is -0.257. The van der Waals surface area contributed by atoms with Gasteiger partial charge in [0.25, 0.3) is 0 Å². The van der Waals surface area contributed by atoms with E-state index in [2.05, 4.69) is 34.7 Å². The number of rotatable bonds is 3. The number of hydrogen-bond acceptors (Lipinski definition) is 2. The Balaban J connectivity index is 2.02. The molecular weight excluding hydrogens is 309 g/mol. The normalized spacial score (nSPS) is 19.9. The summed E-state index contributed by atoms with van der Waals surface area (Å²) in [5.41, 5.74) is 0.158. The lowest BCUT2D eigenvalue weighted by atomic mass is 9.85. The van der Waals surface area contributed by atoms with Gasteiger partial charge in [-0.25, -0.2) is 4.39 Å². The molecule has 0 aromatic heterocycles. The second-order valence-corrected chi connectivity index (χ2v) is 6.72. The van der Waals surface area contributed by atoms with Crippen LogP contribution in [-0.4, -0.2) is 34.7 Å². The number of aliphatic hydroxyl groups is 1. The second kappa shape index (κ2) is 5.90. The molecule has 1 fully saturated rings. The van der Waals surface area contributed by atoms with Crippen LogP contribution in [0.5, 0.6) is 0 Å². The van der Waals surface area contributed by atoms with E-state index < -0.39 is 5.60 Å². The number of nitrogens with zero attached hydrogens (tertiary/aromatic N) is 1. The number of benzene rings is 1. The molecule has 106 valence electrons. The van der Waals surface area contributed by atoms with E-state index in [1.54, 1.807) is 0 Å².